The normalized spacial score (nSPS) is 15.7. The monoisotopic (exact) mass is 351 g/mol. The predicted molar refractivity (Wildman–Crippen MR) is 96.1 cm³/mol. The second kappa shape index (κ2) is 7.35. The fourth-order valence-electron chi connectivity index (χ4n) is 2.93. The number of amides is 1. The van der Waals surface area contributed by atoms with Crippen molar-refractivity contribution in [2.24, 2.45) is 0 Å². The van der Waals surface area contributed by atoms with E-state index in [1.807, 2.05) is 30.3 Å². The van der Waals surface area contributed by atoms with Crippen LogP contribution in [-0.2, 0) is 20.9 Å². The standard InChI is InChI=1S/C21H18FNO3/c1-14-19(21(25)26-2)17(12-16-10-6-7-11-18(16)22)20(24)23(14)13-15-8-4-3-5-9-15/h3-12H,13H2,1-2H3. The molecule has 1 aliphatic rings. The van der Waals surface area contributed by atoms with Gasteiger partial charge in [-0.05, 0) is 24.6 Å². The van der Waals surface area contributed by atoms with E-state index in [9.17, 15) is 14.0 Å². The molecule has 1 amide bonds. The number of methoxy groups -OCH3 is 1. The Balaban J connectivity index is 2.05. The first-order valence-electron chi connectivity index (χ1n) is 8.14. The van der Waals surface area contributed by atoms with E-state index in [-0.39, 0.29) is 22.6 Å². The quantitative estimate of drug-likeness (QED) is 0.623. The van der Waals surface area contributed by atoms with Crippen molar-refractivity contribution in [3.8, 4) is 0 Å². The zero-order chi connectivity index (χ0) is 18.7. The van der Waals surface area contributed by atoms with Gasteiger partial charge in [-0.25, -0.2) is 9.18 Å². The average Bonchev–Trinajstić information content (AvgIpc) is 2.88. The van der Waals surface area contributed by atoms with Crippen LogP contribution in [0, 0.1) is 5.82 Å². The molecule has 2 aromatic carbocycles. The van der Waals surface area contributed by atoms with Gasteiger partial charge < -0.3 is 9.64 Å². The summed E-state index contributed by atoms with van der Waals surface area (Å²) >= 11 is 0. The van der Waals surface area contributed by atoms with Crippen molar-refractivity contribution in [3.63, 3.8) is 0 Å². The lowest BCUT2D eigenvalue weighted by Crippen LogP contribution is -2.24. The lowest BCUT2D eigenvalue weighted by molar-refractivity contribution is -0.136. The van der Waals surface area contributed by atoms with Crippen LogP contribution in [0.15, 0.2) is 71.4 Å². The van der Waals surface area contributed by atoms with Crippen molar-refractivity contribution >= 4 is 18.0 Å². The predicted octanol–water partition coefficient (Wildman–Crippen LogP) is 3.70. The Morgan fingerprint density at radius 2 is 1.77 bits per heavy atom. The molecule has 3 rings (SSSR count). The molecule has 0 N–H and O–H groups in total. The van der Waals surface area contributed by atoms with E-state index in [0.717, 1.165) is 5.56 Å². The van der Waals surface area contributed by atoms with E-state index < -0.39 is 11.8 Å². The maximum Gasteiger partial charge on any atom is 0.340 e. The van der Waals surface area contributed by atoms with Gasteiger partial charge in [0, 0.05) is 11.3 Å². The molecule has 0 fully saturated rings. The zero-order valence-electron chi connectivity index (χ0n) is 14.5. The molecule has 1 aliphatic heterocycles. The Morgan fingerprint density at radius 1 is 1.12 bits per heavy atom. The van der Waals surface area contributed by atoms with Gasteiger partial charge in [-0.3, -0.25) is 4.79 Å². The van der Waals surface area contributed by atoms with E-state index in [2.05, 4.69) is 0 Å². The minimum Gasteiger partial charge on any atom is -0.465 e. The van der Waals surface area contributed by atoms with Crippen LogP contribution in [0.2, 0.25) is 0 Å². The molecule has 0 radical (unpaired) electrons. The van der Waals surface area contributed by atoms with Crippen LogP contribution < -0.4 is 0 Å². The number of ether oxygens (including phenoxy) is 1. The molecule has 0 aliphatic carbocycles. The Morgan fingerprint density at radius 3 is 2.42 bits per heavy atom. The summed E-state index contributed by atoms with van der Waals surface area (Å²) in [5, 5.41) is 0. The number of carbonyl (C=O) groups excluding carboxylic acids is 2. The Hall–Kier alpha value is -3.21. The number of halogens is 1. The number of hydrogen-bond acceptors (Lipinski definition) is 3. The van der Waals surface area contributed by atoms with Crippen LogP contribution in [-0.4, -0.2) is 23.9 Å². The Bertz CT molecular complexity index is 916. The highest BCUT2D eigenvalue weighted by molar-refractivity contribution is 6.16. The van der Waals surface area contributed by atoms with Gasteiger partial charge in [-0.2, -0.15) is 0 Å². The summed E-state index contributed by atoms with van der Waals surface area (Å²) in [6.45, 7) is 2.01. The molecule has 1 heterocycles. The highest BCUT2D eigenvalue weighted by Gasteiger charge is 2.37. The summed E-state index contributed by atoms with van der Waals surface area (Å²) in [4.78, 5) is 26.7. The number of benzene rings is 2. The number of allylic oxidation sites excluding steroid dienone is 1. The van der Waals surface area contributed by atoms with Gasteiger partial charge in [0.05, 0.1) is 24.8 Å². The van der Waals surface area contributed by atoms with Gasteiger partial charge in [0.25, 0.3) is 5.91 Å². The molecule has 4 nitrogen and oxygen atoms in total. The van der Waals surface area contributed by atoms with E-state index in [0.29, 0.717) is 12.2 Å². The third-order valence-corrected chi connectivity index (χ3v) is 4.29. The second-order valence-corrected chi connectivity index (χ2v) is 5.91. The molecule has 0 atom stereocenters. The average molecular weight is 351 g/mol. The van der Waals surface area contributed by atoms with Crippen LogP contribution >= 0.6 is 0 Å². The van der Waals surface area contributed by atoms with E-state index >= 15 is 0 Å². The van der Waals surface area contributed by atoms with Crippen molar-refractivity contribution in [1.82, 2.24) is 4.90 Å². The molecule has 0 saturated carbocycles. The van der Waals surface area contributed by atoms with Crippen molar-refractivity contribution < 1.29 is 18.7 Å². The smallest absolute Gasteiger partial charge is 0.340 e. The summed E-state index contributed by atoms with van der Waals surface area (Å²) in [6, 6.07) is 15.6. The molecule has 132 valence electrons. The third-order valence-electron chi connectivity index (χ3n) is 4.29. The molecule has 0 saturated heterocycles. The lowest BCUT2D eigenvalue weighted by atomic mass is 10.0. The largest absolute Gasteiger partial charge is 0.465 e. The van der Waals surface area contributed by atoms with Crippen LogP contribution in [0.5, 0.6) is 0 Å². The van der Waals surface area contributed by atoms with Crippen molar-refractivity contribution in [3.05, 3.63) is 88.4 Å². The first-order valence-corrected chi connectivity index (χ1v) is 8.14. The van der Waals surface area contributed by atoms with Crippen LogP contribution in [0.1, 0.15) is 18.1 Å². The Kier molecular flexibility index (Phi) is 4.98. The summed E-state index contributed by atoms with van der Waals surface area (Å²) in [7, 11) is 1.26. The van der Waals surface area contributed by atoms with Crippen LogP contribution in [0.3, 0.4) is 0 Å². The van der Waals surface area contributed by atoms with Gasteiger partial charge in [0.2, 0.25) is 0 Å². The van der Waals surface area contributed by atoms with Crippen molar-refractivity contribution in [2.45, 2.75) is 13.5 Å². The highest BCUT2D eigenvalue weighted by Crippen LogP contribution is 2.33. The molecule has 0 unspecified atom stereocenters. The first-order chi connectivity index (χ1) is 12.5. The van der Waals surface area contributed by atoms with Gasteiger partial charge in [0.15, 0.2) is 0 Å². The zero-order valence-corrected chi connectivity index (χ0v) is 14.5. The Labute approximate surface area is 151 Å². The highest BCUT2D eigenvalue weighted by atomic mass is 19.1. The molecular formula is C21H18FNO3. The number of rotatable bonds is 4. The molecular weight excluding hydrogens is 333 g/mol. The molecule has 0 aromatic heterocycles. The molecule has 0 bridgehead atoms. The maximum absolute atomic E-state index is 14.0. The molecule has 5 heteroatoms. The molecule has 2 aromatic rings. The maximum atomic E-state index is 14.0. The lowest BCUT2D eigenvalue weighted by Gasteiger charge is -2.17. The fourth-order valence-corrected chi connectivity index (χ4v) is 2.93. The van der Waals surface area contributed by atoms with Crippen molar-refractivity contribution in [2.75, 3.05) is 7.11 Å². The van der Waals surface area contributed by atoms with E-state index in [1.165, 1.54) is 24.2 Å². The van der Waals surface area contributed by atoms with Gasteiger partial charge in [-0.15, -0.1) is 0 Å². The van der Waals surface area contributed by atoms with Crippen molar-refractivity contribution in [1.29, 1.82) is 0 Å². The van der Waals surface area contributed by atoms with Gasteiger partial charge in [0.1, 0.15) is 5.82 Å². The number of nitrogens with zero attached hydrogens (tertiary/aromatic N) is 1. The number of esters is 1. The number of carbonyl (C=O) groups is 2. The summed E-state index contributed by atoms with van der Waals surface area (Å²) in [6.07, 6.45) is 1.40. The van der Waals surface area contributed by atoms with Gasteiger partial charge >= 0.3 is 5.97 Å². The summed E-state index contributed by atoms with van der Waals surface area (Å²) in [5.41, 5.74) is 1.96. The van der Waals surface area contributed by atoms with E-state index in [4.69, 9.17) is 4.74 Å². The first kappa shape index (κ1) is 17.6. The number of hydrogen-bond donors (Lipinski definition) is 0. The molecule has 0 spiro atoms. The minimum absolute atomic E-state index is 0.135. The fraction of sp³-hybridized carbons (Fsp3) is 0.143. The van der Waals surface area contributed by atoms with Crippen LogP contribution in [0.4, 0.5) is 4.39 Å². The second-order valence-electron chi connectivity index (χ2n) is 5.91. The van der Waals surface area contributed by atoms with Gasteiger partial charge in [-0.1, -0.05) is 48.5 Å². The SMILES string of the molecule is COC(=O)C1=C(C)N(Cc2ccccc2)C(=O)C1=Cc1ccccc1F. The summed E-state index contributed by atoms with van der Waals surface area (Å²) in [5.74, 6) is -1.43. The third kappa shape index (κ3) is 3.28. The minimum atomic E-state index is -0.617. The van der Waals surface area contributed by atoms with E-state index in [1.54, 1.807) is 25.1 Å². The summed E-state index contributed by atoms with van der Waals surface area (Å²) < 4.78 is 18.9. The molecule has 26 heavy (non-hydrogen) atoms. The van der Waals surface area contributed by atoms with Crippen LogP contribution in [0.25, 0.3) is 6.08 Å². The topological polar surface area (TPSA) is 46.6 Å².